The zero-order valence-corrected chi connectivity index (χ0v) is 12.9. The largest absolute Gasteiger partial charge is 0.496 e. The maximum Gasteiger partial charge on any atom is 0.255 e. The van der Waals surface area contributed by atoms with E-state index in [-0.39, 0.29) is 12.5 Å². The number of carbonyl (C=O) groups is 1. The van der Waals surface area contributed by atoms with Crippen LogP contribution in [0.2, 0.25) is 0 Å². The van der Waals surface area contributed by atoms with E-state index >= 15 is 0 Å². The molecule has 1 aromatic carbocycles. The highest BCUT2D eigenvalue weighted by Gasteiger charge is 2.18. The molecule has 0 spiro atoms. The molecular formula is C14H21NO6. The number of methoxy groups -OCH3 is 5. The van der Waals surface area contributed by atoms with Crippen molar-refractivity contribution in [2.75, 3.05) is 42.1 Å². The minimum atomic E-state index is -0.514. The molecule has 21 heavy (non-hydrogen) atoms. The Hall–Kier alpha value is -1.99. The number of hydrogen-bond donors (Lipinski definition) is 1. The maximum absolute atomic E-state index is 12.2. The van der Waals surface area contributed by atoms with Gasteiger partial charge in [0.15, 0.2) is 17.8 Å². The molecule has 0 aliphatic carbocycles. The summed E-state index contributed by atoms with van der Waals surface area (Å²) in [4.78, 5) is 12.2. The maximum atomic E-state index is 12.2. The predicted molar refractivity (Wildman–Crippen MR) is 76.2 cm³/mol. The van der Waals surface area contributed by atoms with Crippen LogP contribution in [-0.2, 0) is 9.47 Å². The second kappa shape index (κ2) is 8.33. The Morgan fingerprint density at radius 1 is 0.952 bits per heavy atom. The number of amides is 1. The second-order valence-electron chi connectivity index (χ2n) is 4.02. The van der Waals surface area contributed by atoms with Crippen LogP contribution in [0.15, 0.2) is 12.1 Å². The highest BCUT2D eigenvalue weighted by atomic mass is 16.7. The molecule has 0 bridgehead atoms. The molecule has 7 heteroatoms. The molecule has 0 saturated heterocycles. The zero-order chi connectivity index (χ0) is 15.8. The Morgan fingerprint density at radius 3 is 1.95 bits per heavy atom. The first-order valence-corrected chi connectivity index (χ1v) is 6.25. The normalized spacial score (nSPS) is 10.4. The lowest BCUT2D eigenvalue weighted by Gasteiger charge is -2.16. The van der Waals surface area contributed by atoms with Crippen molar-refractivity contribution in [1.82, 2.24) is 5.32 Å². The van der Waals surface area contributed by atoms with E-state index in [1.165, 1.54) is 35.5 Å². The van der Waals surface area contributed by atoms with Crippen molar-refractivity contribution in [3.63, 3.8) is 0 Å². The third kappa shape index (κ3) is 4.24. The Morgan fingerprint density at radius 2 is 1.48 bits per heavy atom. The molecule has 118 valence electrons. The van der Waals surface area contributed by atoms with Crippen molar-refractivity contribution in [1.29, 1.82) is 0 Å². The summed E-state index contributed by atoms with van der Waals surface area (Å²) >= 11 is 0. The Labute approximate surface area is 124 Å². The number of benzene rings is 1. The first-order chi connectivity index (χ1) is 10.1. The van der Waals surface area contributed by atoms with Crippen LogP contribution in [0.4, 0.5) is 0 Å². The standard InChI is InChI=1S/C14H21NO6/c1-17-10-7-12(19-3)11(18-2)6-9(10)14(16)15-8-13(20-4)21-5/h6-7,13H,8H2,1-5H3,(H,15,16). The van der Waals surface area contributed by atoms with Crippen molar-refractivity contribution in [2.24, 2.45) is 0 Å². The van der Waals surface area contributed by atoms with Crippen LogP contribution in [0.5, 0.6) is 17.2 Å². The van der Waals surface area contributed by atoms with E-state index in [1.807, 2.05) is 0 Å². The fraction of sp³-hybridized carbons (Fsp3) is 0.500. The topological polar surface area (TPSA) is 75.3 Å². The average Bonchev–Trinajstić information content (AvgIpc) is 2.54. The molecule has 7 nitrogen and oxygen atoms in total. The molecule has 1 N–H and O–H groups in total. The summed E-state index contributed by atoms with van der Waals surface area (Å²) < 4.78 is 25.6. The van der Waals surface area contributed by atoms with Crippen LogP contribution >= 0.6 is 0 Å². The molecule has 1 rings (SSSR count). The molecule has 0 aliphatic rings. The van der Waals surface area contributed by atoms with Gasteiger partial charge in [0.2, 0.25) is 0 Å². The van der Waals surface area contributed by atoms with Gasteiger partial charge >= 0.3 is 0 Å². The van der Waals surface area contributed by atoms with Crippen LogP contribution in [0.25, 0.3) is 0 Å². The van der Waals surface area contributed by atoms with Crippen LogP contribution in [0, 0.1) is 0 Å². The number of hydrogen-bond acceptors (Lipinski definition) is 6. The van der Waals surface area contributed by atoms with Gasteiger partial charge in [-0.3, -0.25) is 4.79 Å². The minimum Gasteiger partial charge on any atom is -0.496 e. The summed E-state index contributed by atoms with van der Waals surface area (Å²) in [7, 11) is 7.48. The average molecular weight is 299 g/mol. The summed E-state index contributed by atoms with van der Waals surface area (Å²) in [5, 5.41) is 2.70. The molecule has 0 aliphatic heterocycles. The van der Waals surface area contributed by atoms with Gasteiger partial charge in [0.25, 0.3) is 5.91 Å². The molecule has 1 aromatic rings. The van der Waals surface area contributed by atoms with Gasteiger partial charge in [-0.2, -0.15) is 0 Å². The highest BCUT2D eigenvalue weighted by Crippen LogP contribution is 2.34. The Bertz CT molecular complexity index is 473. The van der Waals surface area contributed by atoms with Crippen LogP contribution in [-0.4, -0.2) is 54.3 Å². The van der Waals surface area contributed by atoms with Gasteiger partial charge in [-0.25, -0.2) is 0 Å². The van der Waals surface area contributed by atoms with Crippen molar-refractivity contribution < 1.29 is 28.5 Å². The van der Waals surface area contributed by atoms with Crippen molar-refractivity contribution in [3.8, 4) is 17.2 Å². The lowest BCUT2D eigenvalue weighted by atomic mass is 10.1. The van der Waals surface area contributed by atoms with Gasteiger partial charge in [-0.1, -0.05) is 0 Å². The van der Waals surface area contributed by atoms with Gasteiger partial charge in [-0.15, -0.1) is 0 Å². The van der Waals surface area contributed by atoms with Gasteiger partial charge < -0.3 is 29.0 Å². The van der Waals surface area contributed by atoms with Gasteiger partial charge in [-0.05, 0) is 0 Å². The first kappa shape index (κ1) is 17.1. The lowest BCUT2D eigenvalue weighted by molar-refractivity contribution is -0.0974. The van der Waals surface area contributed by atoms with E-state index in [4.69, 9.17) is 23.7 Å². The number of carbonyl (C=O) groups excluding carboxylic acids is 1. The van der Waals surface area contributed by atoms with Crippen molar-refractivity contribution >= 4 is 5.91 Å². The van der Waals surface area contributed by atoms with Crippen LogP contribution in [0.1, 0.15) is 10.4 Å². The summed E-state index contributed by atoms with van der Waals surface area (Å²) in [5.74, 6) is 0.986. The summed E-state index contributed by atoms with van der Waals surface area (Å²) in [6, 6.07) is 3.15. The Kier molecular flexibility index (Phi) is 6.77. The van der Waals surface area contributed by atoms with Crippen molar-refractivity contribution in [3.05, 3.63) is 17.7 Å². The lowest BCUT2D eigenvalue weighted by Crippen LogP contribution is -2.34. The third-order valence-electron chi connectivity index (χ3n) is 2.91. The van der Waals surface area contributed by atoms with Gasteiger partial charge in [0, 0.05) is 26.4 Å². The molecule has 1 amide bonds. The van der Waals surface area contributed by atoms with E-state index < -0.39 is 6.29 Å². The molecule has 0 unspecified atom stereocenters. The molecular weight excluding hydrogens is 278 g/mol. The van der Waals surface area contributed by atoms with E-state index in [9.17, 15) is 4.79 Å². The van der Waals surface area contributed by atoms with Crippen LogP contribution in [0.3, 0.4) is 0 Å². The zero-order valence-electron chi connectivity index (χ0n) is 12.9. The summed E-state index contributed by atoms with van der Waals surface area (Å²) in [6.45, 7) is 0.212. The molecule has 0 fully saturated rings. The van der Waals surface area contributed by atoms with E-state index in [1.54, 1.807) is 12.1 Å². The van der Waals surface area contributed by atoms with Gasteiger partial charge in [0.1, 0.15) is 5.75 Å². The second-order valence-corrected chi connectivity index (χ2v) is 4.02. The number of rotatable bonds is 8. The van der Waals surface area contributed by atoms with Gasteiger partial charge in [0.05, 0.1) is 33.4 Å². The predicted octanol–water partition coefficient (Wildman–Crippen LogP) is 1.06. The number of ether oxygens (including phenoxy) is 5. The smallest absolute Gasteiger partial charge is 0.255 e. The minimum absolute atomic E-state index is 0.212. The molecule has 0 atom stereocenters. The highest BCUT2D eigenvalue weighted by molar-refractivity contribution is 5.97. The van der Waals surface area contributed by atoms with E-state index in [0.29, 0.717) is 22.8 Å². The van der Waals surface area contributed by atoms with Crippen molar-refractivity contribution in [2.45, 2.75) is 6.29 Å². The Balaban J connectivity index is 2.97. The first-order valence-electron chi connectivity index (χ1n) is 6.25. The fourth-order valence-corrected chi connectivity index (χ4v) is 1.74. The van der Waals surface area contributed by atoms with E-state index in [2.05, 4.69) is 5.32 Å². The monoisotopic (exact) mass is 299 g/mol. The fourth-order valence-electron chi connectivity index (χ4n) is 1.74. The van der Waals surface area contributed by atoms with Crippen LogP contribution < -0.4 is 19.5 Å². The molecule has 0 heterocycles. The van der Waals surface area contributed by atoms with E-state index in [0.717, 1.165) is 0 Å². The molecule has 0 radical (unpaired) electrons. The molecule has 0 saturated carbocycles. The third-order valence-corrected chi connectivity index (χ3v) is 2.91. The molecule has 0 aromatic heterocycles. The SMILES string of the molecule is COc1cc(OC)c(C(=O)NCC(OC)OC)cc1OC. The quantitative estimate of drug-likeness (QED) is 0.724. The number of nitrogens with one attached hydrogen (secondary N) is 1. The summed E-state index contributed by atoms with van der Waals surface area (Å²) in [6.07, 6.45) is -0.514. The summed E-state index contributed by atoms with van der Waals surface area (Å²) in [5.41, 5.74) is 0.334.